The molecule has 2 aliphatic rings. The van der Waals surface area contributed by atoms with Crippen LogP contribution in [0.25, 0.3) is 0 Å². The van der Waals surface area contributed by atoms with Crippen LogP contribution in [0.5, 0.6) is 0 Å². The van der Waals surface area contributed by atoms with Crippen molar-refractivity contribution in [2.24, 2.45) is 11.3 Å². The second kappa shape index (κ2) is 7.24. The fraction of sp³-hybridized carbons (Fsp3) is 1.00. The summed E-state index contributed by atoms with van der Waals surface area (Å²) in [5, 5.41) is 3.60. The van der Waals surface area contributed by atoms with E-state index in [9.17, 15) is 0 Å². The minimum absolute atomic E-state index is 0.434. The molecule has 0 bridgehead atoms. The van der Waals surface area contributed by atoms with Crippen molar-refractivity contribution in [2.45, 2.75) is 52.5 Å². The average Bonchev–Trinajstić information content (AvgIpc) is 2.61. The van der Waals surface area contributed by atoms with Gasteiger partial charge in [0.25, 0.3) is 0 Å². The monoisotopic (exact) mass is 281 g/mol. The van der Waals surface area contributed by atoms with E-state index < -0.39 is 0 Å². The Hall–Kier alpha value is -0.120. The number of rotatable bonds is 4. The van der Waals surface area contributed by atoms with Gasteiger partial charge >= 0.3 is 0 Å². The van der Waals surface area contributed by atoms with Crippen molar-refractivity contribution in [3.05, 3.63) is 0 Å². The Morgan fingerprint density at radius 3 is 2.65 bits per heavy atom. The molecule has 2 saturated heterocycles. The quantitative estimate of drug-likeness (QED) is 0.854. The highest BCUT2D eigenvalue weighted by atomic mass is 15.2. The normalized spacial score (nSPS) is 31.2. The van der Waals surface area contributed by atoms with E-state index in [1.165, 1.54) is 65.0 Å². The molecule has 20 heavy (non-hydrogen) atoms. The molecule has 0 aliphatic carbocycles. The molecule has 2 heterocycles. The summed E-state index contributed by atoms with van der Waals surface area (Å²) in [6.45, 7) is 14.8. The Morgan fingerprint density at radius 1 is 1.20 bits per heavy atom. The fourth-order valence-electron chi connectivity index (χ4n) is 4.06. The molecule has 0 aromatic carbocycles. The number of likely N-dealkylation sites (N-methyl/N-ethyl adjacent to an activating group) is 1. The summed E-state index contributed by atoms with van der Waals surface area (Å²) in [5.41, 5.74) is 0.434. The summed E-state index contributed by atoms with van der Waals surface area (Å²) in [6.07, 6.45) is 5.37. The van der Waals surface area contributed by atoms with Gasteiger partial charge in [0.15, 0.2) is 0 Å². The Morgan fingerprint density at radius 2 is 2.00 bits per heavy atom. The van der Waals surface area contributed by atoms with Crippen LogP contribution in [0.15, 0.2) is 0 Å². The van der Waals surface area contributed by atoms with Gasteiger partial charge < -0.3 is 10.2 Å². The molecule has 2 fully saturated rings. The largest absolute Gasteiger partial charge is 0.316 e. The van der Waals surface area contributed by atoms with Crippen molar-refractivity contribution in [1.82, 2.24) is 15.1 Å². The Balaban J connectivity index is 1.97. The van der Waals surface area contributed by atoms with E-state index in [1.807, 2.05) is 0 Å². The number of hydrogen-bond donors (Lipinski definition) is 1. The maximum atomic E-state index is 3.60. The summed E-state index contributed by atoms with van der Waals surface area (Å²) in [7, 11) is 2.28. The van der Waals surface area contributed by atoms with Crippen molar-refractivity contribution in [3.8, 4) is 0 Å². The highest BCUT2D eigenvalue weighted by molar-refractivity contribution is 4.88. The Bertz CT molecular complexity index is 284. The predicted molar refractivity (Wildman–Crippen MR) is 87.1 cm³/mol. The SMILES string of the molecule is CCC1CN(C)CCCN1CC(C)(C)C1CCCNC1. The van der Waals surface area contributed by atoms with Gasteiger partial charge in [0.2, 0.25) is 0 Å². The lowest BCUT2D eigenvalue weighted by Gasteiger charge is -2.43. The van der Waals surface area contributed by atoms with Crippen LogP contribution < -0.4 is 5.32 Å². The standard InChI is InChI=1S/C17H35N3/c1-5-16-13-19(4)10-7-11-20(16)14-17(2,3)15-8-6-9-18-12-15/h15-16,18H,5-14H2,1-4H3. The summed E-state index contributed by atoms with van der Waals surface area (Å²) in [4.78, 5) is 5.31. The van der Waals surface area contributed by atoms with Gasteiger partial charge in [0, 0.05) is 19.1 Å². The van der Waals surface area contributed by atoms with Gasteiger partial charge in [-0.2, -0.15) is 0 Å². The number of piperidine rings is 1. The van der Waals surface area contributed by atoms with Crippen molar-refractivity contribution in [1.29, 1.82) is 0 Å². The van der Waals surface area contributed by atoms with E-state index >= 15 is 0 Å². The second-order valence-electron chi connectivity index (χ2n) is 7.68. The predicted octanol–water partition coefficient (Wildman–Crippen LogP) is 2.43. The lowest BCUT2D eigenvalue weighted by molar-refractivity contribution is 0.0729. The minimum Gasteiger partial charge on any atom is -0.316 e. The lowest BCUT2D eigenvalue weighted by Crippen LogP contribution is -2.49. The van der Waals surface area contributed by atoms with Crippen molar-refractivity contribution in [3.63, 3.8) is 0 Å². The molecular formula is C17H35N3. The van der Waals surface area contributed by atoms with Crippen LogP contribution >= 0.6 is 0 Å². The van der Waals surface area contributed by atoms with E-state index in [0.717, 1.165) is 12.0 Å². The number of nitrogens with zero attached hydrogens (tertiary/aromatic N) is 2. The van der Waals surface area contributed by atoms with Crippen molar-refractivity contribution < 1.29 is 0 Å². The summed E-state index contributed by atoms with van der Waals surface area (Å²) in [6, 6.07) is 0.748. The molecule has 0 aromatic rings. The van der Waals surface area contributed by atoms with Gasteiger partial charge in [0.1, 0.15) is 0 Å². The van der Waals surface area contributed by atoms with Crippen LogP contribution in [-0.4, -0.2) is 62.2 Å². The number of nitrogens with one attached hydrogen (secondary N) is 1. The topological polar surface area (TPSA) is 18.5 Å². The van der Waals surface area contributed by atoms with Crippen LogP contribution in [0.4, 0.5) is 0 Å². The molecule has 0 saturated carbocycles. The second-order valence-corrected chi connectivity index (χ2v) is 7.68. The van der Waals surface area contributed by atoms with E-state index in [0.29, 0.717) is 5.41 Å². The molecule has 2 unspecified atom stereocenters. The first-order valence-corrected chi connectivity index (χ1v) is 8.66. The smallest absolute Gasteiger partial charge is 0.0220 e. The first kappa shape index (κ1) is 16.3. The highest BCUT2D eigenvalue weighted by Crippen LogP contribution is 2.33. The molecular weight excluding hydrogens is 246 g/mol. The average molecular weight is 281 g/mol. The molecule has 0 aromatic heterocycles. The zero-order valence-electron chi connectivity index (χ0n) is 14.1. The van der Waals surface area contributed by atoms with Gasteiger partial charge in [-0.3, -0.25) is 4.90 Å². The van der Waals surface area contributed by atoms with Gasteiger partial charge in [-0.15, -0.1) is 0 Å². The van der Waals surface area contributed by atoms with Crippen LogP contribution in [0.1, 0.15) is 46.5 Å². The van der Waals surface area contributed by atoms with Crippen LogP contribution in [-0.2, 0) is 0 Å². The van der Waals surface area contributed by atoms with Gasteiger partial charge in [-0.1, -0.05) is 20.8 Å². The summed E-state index contributed by atoms with van der Waals surface area (Å²) < 4.78 is 0. The van der Waals surface area contributed by atoms with Crippen LogP contribution in [0.2, 0.25) is 0 Å². The molecule has 3 heteroatoms. The van der Waals surface area contributed by atoms with E-state index in [-0.39, 0.29) is 0 Å². The zero-order chi connectivity index (χ0) is 14.6. The molecule has 118 valence electrons. The van der Waals surface area contributed by atoms with Crippen LogP contribution in [0, 0.1) is 11.3 Å². The minimum atomic E-state index is 0.434. The molecule has 2 rings (SSSR count). The zero-order valence-corrected chi connectivity index (χ0v) is 14.1. The van der Waals surface area contributed by atoms with E-state index in [1.54, 1.807) is 0 Å². The third-order valence-corrected chi connectivity index (χ3v) is 5.51. The maximum absolute atomic E-state index is 3.60. The van der Waals surface area contributed by atoms with E-state index in [4.69, 9.17) is 0 Å². The van der Waals surface area contributed by atoms with Crippen LogP contribution in [0.3, 0.4) is 0 Å². The van der Waals surface area contributed by atoms with Gasteiger partial charge in [-0.25, -0.2) is 0 Å². The molecule has 2 atom stereocenters. The Labute approximate surface area is 126 Å². The third-order valence-electron chi connectivity index (χ3n) is 5.51. The highest BCUT2D eigenvalue weighted by Gasteiger charge is 2.34. The molecule has 0 spiro atoms. The van der Waals surface area contributed by atoms with Crippen molar-refractivity contribution in [2.75, 3.05) is 46.3 Å². The Kier molecular flexibility index (Phi) is 5.88. The molecule has 0 radical (unpaired) electrons. The molecule has 2 aliphatic heterocycles. The fourth-order valence-corrected chi connectivity index (χ4v) is 4.06. The lowest BCUT2D eigenvalue weighted by atomic mass is 9.74. The molecule has 3 nitrogen and oxygen atoms in total. The molecule has 0 amide bonds. The first-order valence-electron chi connectivity index (χ1n) is 8.66. The van der Waals surface area contributed by atoms with E-state index in [2.05, 4.69) is 42.9 Å². The number of hydrogen-bond acceptors (Lipinski definition) is 3. The summed E-state index contributed by atoms with van der Waals surface area (Å²) >= 11 is 0. The maximum Gasteiger partial charge on any atom is 0.0220 e. The summed E-state index contributed by atoms with van der Waals surface area (Å²) in [5.74, 6) is 0.842. The van der Waals surface area contributed by atoms with Gasteiger partial charge in [-0.05, 0) is 70.2 Å². The molecule has 1 N–H and O–H groups in total. The first-order chi connectivity index (χ1) is 9.53. The third kappa shape index (κ3) is 4.19. The van der Waals surface area contributed by atoms with Gasteiger partial charge in [0.05, 0.1) is 0 Å². The van der Waals surface area contributed by atoms with Crippen molar-refractivity contribution >= 4 is 0 Å².